The summed E-state index contributed by atoms with van der Waals surface area (Å²) in [5.74, 6) is 1.73. The Morgan fingerprint density at radius 1 is 1.22 bits per heavy atom. The Balaban J connectivity index is 1.88. The van der Waals surface area contributed by atoms with Crippen LogP contribution < -0.4 is 5.73 Å². The largest absolute Gasteiger partial charge is 0.381 e. The second-order valence-corrected chi connectivity index (χ2v) is 6.31. The van der Waals surface area contributed by atoms with Crippen LogP contribution in [0.3, 0.4) is 0 Å². The van der Waals surface area contributed by atoms with E-state index in [2.05, 4.69) is 11.8 Å². The second-order valence-electron chi connectivity index (χ2n) is 6.31. The topological polar surface area (TPSA) is 38.5 Å². The lowest BCUT2D eigenvalue weighted by atomic mass is 9.77. The Morgan fingerprint density at radius 3 is 2.50 bits per heavy atom. The lowest BCUT2D eigenvalue weighted by Gasteiger charge is -2.42. The molecule has 1 aliphatic heterocycles. The molecular formula is C15H30N2O. The number of piperidine rings is 1. The molecule has 1 heterocycles. The van der Waals surface area contributed by atoms with Crippen molar-refractivity contribution in [2.75, 3.05) is 26.7 Å². The Morgan fingerprint density at radius 2 is 1.94 bits per heavy atom. The van der Waals surface area contributed by atoms with Gasteiger partial charge in [-0.2, -0.15) is 0 Å². The van der Waals surface area contributed by atoms with E-state index < -0.39 is 0 Å². The molecule has 3 unspecified atom stereocenters. The molecule has 3 atom stereocenters. The molecule has 0 spiro atoms. The van der Waals surface area contributed by atoms with Crippen LogP contribution in [0, 0.1) is 11.8 Å². The van der Waals surface area contributed by atoms with Crippen LogP contribution in [0.5, 0.6) is 0 Å². The molecule has 0 radical (unpaired) electrons. The fourth-order valence-electron chi connectivity index (χ4n) is 3.91. The predicted octanol–water partition coefficient (Wildman–Crippen LogP) is 2.25. The average Bonchev–Trinajstić information content (AvgIpc) is 2.40. The minimum atomic E-state index is 0.477. The number of methoxy groups -OCH3 is 1. The van der Waals surface area contributed by atoms with Crippen LogP contribution in [0.4, 0.5) is 0 Å². The van der Waals surface area contributed by atoms with Gasteiger partial charge in [0.2, 0.25) is 0 Å². The molecule has 2 rings (SSSR count). The molecule has 3 heteroatoms. The normalized spacial score (nSPS) is 33.5. The predicted molar refractivity (Wildman–Crippen MR) is 75.6 cm³/mol. The minimum Gasteiger partial charge on any atom is -0.381 e. The molecular weight excluding hydrogens is 224 g/mol. The smallest absolute Gasteiger partial charge is 0.0595 e. The molecule has 1 aliphatic carbocycles. The fraction of sp³-hybridized carbons (Fsp3) is 1.00. The van der Waals surface area contributed by atoms with Gasteiger partial charge in [0.1, 0.15) is 0 Å². The van der Waals surface area contributed by atoms with Crippen molar-refractivity contribution in [1.82, 2.24) is 4.90 Å². The van der Waals surface area contributed by atoms with Gasteiger partial charge in [0.15, 0.2) is 0 Å². The van der Waals surface area contributed by atoms with Crippen LogP contribution in [-0.2, 0) is 4.74 Å². The van der Waals surface area contributed by atoms with E-state index in [9.17, 15) is 0 Å². The minimum absolute atomic E-state index is 0.477. The highest BCUT2D eigenvalue weighted by Gasteiger charge is 2.32. The maximum atomic E-state index is 6.07. The van der Waals surface area contributed by atoms with E-state index in [1.165, 1.54) is 51.6 Å². The maximum Gasteiger partial charge on any atom is 0.0595 e. The first kappa shape index (κ1) is 14.3. The number of likely N-dealkylation sites (tertiary alicyclic amines) is 1. The van der Waals surface area contributed by atoms with Gasteiger partial charge in [-0.3, -0.25) is 4.90 Å². The van der Waals surface area contributed by atoms with Crippen molar-refractivity contribution < 1.29 is 4.74 Å². The highest BCUT2D eigenvalue weighted by atomic mass is 16.5. The standard InChI is InChI=1S/C15H30N2O/c1-12-4-3-5-13(10-12)15(11-16)17-8-6-14(18-2)7-9-17/h12-15H,3-11,16H2,1-2H3. The van der Waals surface area contributed by atoms with E-state index in [4.69, 9.17) is 10.5 Å². The van der Waals surface area contributed by atoms with Gasteiger partial charge in [-0.05, 0) is 37.5 Å². The molecule has 0 bridgehead atoms. The van der Waals surface area contributed by atoms with Crippen LogP contribution in [0.15, 0.2) is 0 Å². The zero-order valence-electron chi connectivity index (χ0n) is 12.1. The van der Waals surface area contributed by atoms with E-state index in [-0.39, 0.29) is 0 Å². The van der Waals surface area contributed by atoms with Gasteiger partial charge in [0.05, 0.1) is 6.10 Å². The molecule has 2 aliphatic rings. The number of hydrogen-bond acceptors (Lipinski definition) is 3. The van der Waals surface area contributed by atoms with Crippen LogP contribution in [-0.4, -0.2) is 43.8 Å². The number of ether oxygens (including phenoxy) is 1. The van der Waals surface area contributed by atoms with E-state index in [0.717, 1.165) is 18.4 Å². The fourth-order valence-corrected chi connectivity index (χ4v) is 3.91. The first-order chi connectivity index (χ1) is 8.74. The van der Waals surface area contributed by atoms with Crippen LogP contribution >= 0.6 is 0 Å². The van der Waals surface area contributed by atoms with Crippen LogP contribution in [0.1, 0.15) is 45.4 Å². The summed E-state index contributed by atoms with van der Waals surface area (Å²) >= 11 is 0. The van der Waals surface area contributed by atoms with Gasteiger partial charge < -0.3 is 10.5 Å². The Bertz CT molecular complexity index is 239. The van der Waals surface area contributed by atoms with Crippen molar-refractivity contribution in [3.05, 3.63) is 0 Å². The average molecular weight is 254 g/mol. The number of hydrogen-bond donors (Lipinski definition) is 1. The van der Waals surface area contributed by atoms with E-state index in [0.29, 0.717) is 12.1 Å². The van der Waals surface area contributed by atoms with Crippen molar-refractivity contribution >= 4 is 0 Å². The third-order valence-electron chi connectivity index (χ3n) is 5.04. The molecule has 3 nitrogen and oxygen atoms in total. The van der Waals surface area contributed by atoms with Crippen molar-refractivity contribution in [3.8, 4) is 0 Å². The first-order valence-corrected chi connectivity index (χ1v) is 7.71. The summed E-state index contributed by atoms with van der Waals surface area (Å²) in [5, 5.41) is 0. The molecule has 0 aromatic heterocycles. The second kappa shape index (κ2) is 6.88. The lowest BCUT2D eigenvalue weighted by molar-refractivity contribution is 0.0117. The van der Waals surface area contributed by atoms with Crippen molar-refractivity contribution in [1.29, 1.82) is 0 Å². The summed E-state index contributed by atoms with van der Waals surface area (Å²) in [6, 6.07) is 0.616. The molecule has 0 amide bonds. The van der Waals surface area contributed by atoms with Gasteiger partial charge >= 0.3 is 0 Å². The maximum absolute atomic E-state index is 6.07. The number of nitrogens with zero attached hydrogens (tertiary/aromatic N) is 1. The van der Waals surface area contributed by atoms with Crippen molar-refractivity contribution in [2.45, 2.75) is 57.6 Å². The molecule has 2 fully saturated rings. The van der Waals surface area contributed by atoms with Gasteiger partial charge in [-0.1, -0.05) is 19.8 Å². The molecule has 18 heavy (non-hydrogen) atoms. The SMILES string of the molecule is COC1CCN(C(CN)C2CCCC(C)C2)CC1. The number of rotatable bonds is 4. The summed E-state index contributed by atoms with van der Waals surface area (Å²) in [6.45, 7) is 5.57. The molecule has 1 saturated carbocycles. The molecule has 2 N–H and O–H groups in total. The third-order valence-corrected chi connectivity index (χ3v) is 5.04. The van der Waals surface area contributed by atoms with E-state index in [1.54, 1.807) is 0 Å². The van der Waals surface area contributed by atoms with Crippen LogP contribution in [0.25, 0.3) is 0 Å². The van der Waals surface area contributed by atoms with Gasteiger partial charge in [0, 0.05) is 32.8 Å². The molecule has 1 saturated heterocycles. The van der Waals surface area contributed by atoms with Gasteiger partial charge in [0.25, 0.3) is 0 Å². The summed E-state index contributed by atoms with van der Waals surface area (Å²) in [5.41, 5.74) is 6.07. The Hall–Kier alpha value is -0.120. The summed E-state index contributed by atoms with van der Waals surface area (Å²) < 4.78 is 5.46. The molecule has 106 valence electrons. The van der Waals surface area contributed by atoms with Gasteiger partial charge in [-0.25, -0.2) is 0 Å². The Kier molecular flexibility index (Phi) is 5.46. The Labute approximate surface area is 112 Å². The quantitative estimate of drug-likeness (QED) is 0.836. The van der Waals surface area contributed by atoms with Gasteiger partial charge in [-0.15, -0.1) is 0 Å². The first-order valence-electron chi connectivity index (χ1n) is 7.71. The lowest BCUT2D eigenvalue weighted by Crippen LogP contribution is -2.50. The summed E-state index contributed by atoms with van der Waals surface area (Å²) in [6.07, 6.45) is 8.41. The zero-order valence-corrected chi connectivity index (χ0v) is 12.1. The van der Waals surface area contributed by atoms with Crippen LogP contribution in [0.2, 0.25) is 0 Å². The summed E-state index contributed by atoms with van der Waals surface area (Å²) in [7, 11) is 1.84. The monoisotopic (exact) mass is 254 g/mol. The van der Waals surface area contributed by atoms with E-state index in [1.807, 2.05) is 7.11 Å². The number of nitrogens with two attached hydrogens (primary N) is 1. The highest BCUT2D eigenvalue weighted by Crippen LogP contribution is 2.33. The molecule has 0 aromatic rings. The zero-order chi connectivity index (χ0) is 13.0. The molecule has 0 aromatic carbocycles. The van der Waals surface area contributed by atoms with E-state index >= 15 is 0 Å². The summed E-state index contributed by atoms with van der Waals surface area (Å²) in [4.78, 5) is 2.64. The van der Waals surface area contributed by atoms with Crippen molar-refractivity contribution in [3.63, 3.8) is 0 Å². The third kappa shape index (κ3) is 3.46. The highest BCUT2D eigenvalue weighted by molar-refractivity contribution is 4.87. The van der Waals surface area contributed by atoms with Crippen molar-refractivity contribution in [2.24, 2.45) is 17.6 Å².